The summed E-state index contributed by atoms with van der Waals surface area (Å²) in [5, 5.41) is 0. The van der Waals surface area contributed by atoms with Crippen molar-refractivity contribution < 1.29 is 4.39 Å². The van der Waals surface area contributed by atoms with Crippen LogP contribution in [0.3, 0.4) is 0 Å². The number of hydrogen-bond acceptors (Lipinski definition) is 1. The van der Waals surface area contributed by atoms with Gasteiger partial charge in [0.15, 0.2) is 0 Å². The van der Waals surface area contributed by atoms with Gasteiger partial charge in [-0.25, -0.2) is 9.37 Å². The molecule has 0 aliphatic heterocycles. The van der Waals surface area contributed by atoms with Gasteiger partial charge in [-0.1, -0.05) is 13.8 Å². The number of hydrogen-bond donors (Lipinski definition) is 0. The monoisotopic (exact) mass is 268 g/mol. The molecule has 1 aromatic heterocycles. The van der Waals surface area contributed by atoms with E-state index in [1.54, 1.807) is 12.1 Å². The lowest BCUT2D eigenvalue weighted by Crippen LogP contribution is -2.29. The summed E-state index contributed by atoms with van der Waals surface area (Å²) in [6.07, 6.45) is 1.91. The molecule has 18 heavy (non-hydrogen) atoms. The van der Waals surface area contributed by atoms with Crippen LogP contribution in [-0.2, 0) is 11.4 Å². The normalized spacial score (nSPS) is 12.3. The smallest absolute Gasteiger partial charge is 0.125 e. The van der Waals surface area contributed by atoms with Crippen molar-refractivity contribution in [3.63, 3.8) is 0 Å². The van der Waals surface area contributed by atoms with Gasteiger partial charge in [0.2, 0.25) is 0 Å². The molecule has 2 nitrogen and oxygen atoms in total. The summed E-state index contributed by atoms with van der Waals surface area (Å²) in [7, 11) is 0. The van der Waals surface area contributed by atoms with Crippen LogP contribution in [0.25, 0.3) is 11.0 Å². The largest absolute Gasteiger partial charge is 0.321 e. The van der Waals surface area contributed by atoms with Gasteiger partial charge in [0.05, 0.1) is 16.9 Å². The van der Waals surface area contributed by atoms with Gasteiger partial charge >= 0.3 is 0 Å². The van der Waals surface area contributed by atoms with Crippen LogP contribution < -0.4 is 0 Å². The number of nitrogens with zero attached hydrogens (tertiary/aromatic N) is 2. The van der Waals surface area contributed by atoms with Gasteiger partial charge in [0.1, 0.15) is 11.6 Å². The molecule has 2 aromatic rings. The maximum absolute atomic E-state index is 13.5. The third-order valence-electron chi connectivity index (χ3n) is 3.87. The van der Waals surface area contributed by atoms with Crippen LogP contribution in [0.5, 0.6) is 0 Å². The Morgan fingerprint density at radius 1 is 1.33 bits per heavy atom. The molecule has 0 amide bonds. The van der Waals surface area contributed by atoms with Crippen LogP contribution in [0.1, 0.15) is 39.4 Å². The molecule has 0 saturated heterocycles. The van der Waals surface area contributed by atoms with Gasteiger partial charge < -0.3 is 4.57 Å². The number of fused-ring (bicyclic) bond motifs is 1. The Bertz CT molecular complexity index is 558. The summed E-state index contributed by atoms with van der Waals surface area (Å²) >= 11 is 5.99. The molecule has 1 heterocycles. The van der Waals surface area contributed by atoms with Crippen LogP contribution in [0.2, 0.25) is 0 Å². The number of aromatic nitrogens is 2. The molecule has 4 heteroatoms. The molecule has 1 aromatic carbocycles. The van der Waals surface area contributed by atoms with E-state index in [1.165, 1.54) is 6.07 Å². The van der Waals surface area contributed by atoms with E-state index in [2.05, 4.69) is 30.3 Å². The minimum atomic E-state index is -0.237. The van der Waals surface area contributed by atoms with Crippen LogP contribution >= 0.6 is 11.6 Å². The summed E-state index contributed by atoms with van der Waals surface area (Å²) in [4.78, 5) is 4.50. The Morgan fingerprint density at radius 2 is 2.00 bits per heavy atom. The van der Waals surface area contributed by atoms with E-state index in [-0.39, 0.29) is 11.4 Å². The average Bonchev–Trinajstić information content (AvgIpc) is 2.76. The molecule has 0 unspecified atom stereocenters. The van der Waals surface area contributed by atoms with Crippen molar-refractivity contribution >= 4 is 22.6 Å². The van der Waals surface area contributed by atoms with Gasteiger partial charge in [0.25, 0.3) is 0 Å². The van der Waals surface area contributed by atoms with Crippen molar-refractivity contribution in [2.75, 3.05) is 0 Å². The van der Waals surface area contributed by atoms with Crippen LogP contribution in [-0.4, -0.2) is 9.55 Å². The topological polar surface area (TPSA) is 17.8 Å². The van der Waals surface area contributed by atoms with Gasteiger partial charge in [-0.15, -0.1) is 11.6 Å². The number of imidazole rings is 1. The predicted molar refractivity (Wildman–Crippen MR) is 73.5 cm³/mol. The average molecular weight is 269 g/mol. The van der Waals surface area contributed by atoms with E-state index in [0.29, 0.717) is 5.88 Å². The number of rotatable bonds is 4. The van der Waals surface area contributed by atoms with E-state index < -0.39 is 0 Å². The van der Waals surface area contributed by atoms with Crippen LogP contribution in [0.15, 0.2) is 18.2 Å². The molecule has 0 N–H and O–H groups in total. The summed E-state index contributed by atoms with van der Waals surface area (Å²) in [5.74, 6) is 0.911. The Labute approximate surface area is 112 Å². The minimum absolute atomic E-state index is 0.0766. The molecule has 0 spiro atoms. The zero-order valence-corrected chi connectivity index (χ0v) is 11.8. The standard InChI is InChI=1S/C14H18ClFN2/c1-4-14(3,5-2)18-12-8-10(16)6-7-11(12)17-13(18)9-15/h6-8H,4-5,9H2,1-3H3. The van der Waals surface area contributed by atoms with Crippen molar-refractivity contribution in [2.24, 2.45) is 0 Å². The molecule has 98 valence electrons. The van der Waals surface area contributed by atoms with Crippen molar-refractivity contribution in [3.05, 3.63) is 29.8 Å². The third-order valence-corrected chi connectivity index (χ3v) is 4.11. The lowest BCUT2D eigenvalue weighted by atomic mass is 9.94. The molecule has 0 fully saturated rings. The number of benzene rings is 1. The molecule has 0 bridgehead atoms. The zero-order chi connectivity index (χ0) is 13.3. The highest BCUT2D eigenvalue weighted by atomic mass is 35.5. The summed E-state index contributed by atoms with van der Waals surface area (Å²) < 4.78 is 15.5. The lowest BCUT2D eigenvalue weighted by molar-refractivity contribution is 0.296. The molecule has 0 radical (unpaired) electrons. The highest BCUT2D eigenvalue weighted by molar-refractivity contribution is 6.16. The van der Waals surface area contributed by atoms with Gasteiger partial charge in [-0.2, -0.15) is 0 Å². The van der Waals surface area contributed by atoms with Gasteiger partial charge in [-0.3, -0.25) is 0 Å². The summed E-state index contributed by atoms with van der Waals surface area (Å²) in [6, 6.07) is 4.69. The molecule has 0 atom stereocenters. The number of halogens is 2. The highest BCUT2D eigenvalue weighted by Crippen LogP contribution is 2.31. The maximum Gasteiger partial charge on any atom is 0.125 e. The fourth-order valence-corrected chi connectivity index (χ4v) is 2.54. The quantitative estimate of drug-likeness (QED) is 0.749. The Kier molecular flexibility index (Phi) is 3.62. The van der Waals surface area contributed by atoms with Gasteiger partial charge in [0, 0.05) is 5.54 Å². The highest BCUT2D eigenvalue weighted by Gasteiger charge is 2.27. The molecule has 0 saturated carbocycles. The first-order chi connectivity index (χ1) is 8.55. The summed E-state index contributed by atoms with van der Waals surface area (Å²) in [5.41, 5.74) is 1.56. The first kappa shape index (κ1) is 13.3. The minimum Gasteiger partial charge on any atom is -0.321 e. The Hall–Kier alpha value is -1.09. The van der Waals surface area contributed by atoms with Crippen molar-refractivity contribution in [1.29, 1.82) is 0 Å². The van der Waals surface area contributed by atoms with Crippen LogP contribution in [0, 0.1) is 5.82 Å². The fraction of sp³-hybridized carbons (Fsp3) is 0.500. The van der Waals surface area contributed by atoms with Crippen molar-refractivity contribution in [2.45, 2.75) is 45.0 Å². The van der Waals surface area contributed by atoms with Crippen molar-refractivity contribution in [3.8, 4) is 0 Å². The van der Waals surface area contributed by atoms with E-state index >= 15 is 0 Å². The van der Waals surface area contributed by atoms with E-state index in [4.69, 9.17) is 11.6 Å². The second kappa shape index (κ2) is 4.88. The molecule has 2 rings (SSSR count). The first-order valence-electron chi connectivity index (χ1n) is 6.29. The Balaban J connectivity index is 2.77. The fourth-order valence-electron chi connectivity index (χ4n) is 2.36. The zero-order valence-electron chi connectivity index (χ0n) is 11.0. The first-order valence-corrected chi connectivity index (χ1v) is 6.82. The van der Waals surface area contributed by atoms with Gasteiger partial charge in [-0.05, 0) is 38.0 Å². The second-order valence-corrected chi connectivity index (χ2v) is 5.10. The summed E-state index contributed by atoms with van der Waals surface area (Å²) in [6.45, 7) is 6.42. The third kappa shape index (κ3) is 2.01. The number of alkyl halides is 1. The second-order valence-electron chi connectivity index (χ2n) is 4.83. The molecule has 0 aliphatic carbocycles. The SMILES string of the molecule is CCC(C)(CC)n1c(CCl)nc2ccc(F)cc21. The van der Waals surface area contributed by atoms with Crippen molar-refractivity contribution in [1.82, 2.24) is 9.55 Å². The molecular weight excluding hydrogens is 251 g/mol. The van der Waals surface area contributed by atoms with E-state index in [1.807, 2.05) is 0 Å². The maximum atomic E-state index is 13.5. The predicted octanol–water partition coefficient (Wildman–Crippen LogP) is 4.45. The van der Waals surface area contributed by atoms with E-state index in [9.17, 15) is 4.39 Å². The lowest BCUT2D eigenvalue weighted by Gasteiger charge is -2.31. The molecular formula is C14H18ClFN2. The molecule has 0 aliphatic rings. The van der Waals surface area contributed by atoms with E-state index in [0.717, 1.165) is 29.7 Å². The van der Waals surface area contributed by atoms with Crippen LogP contribution in [0.4, 0.5) is 4.39 Å². The Morgan fingerprint density at radius 3 is 2.56 bits per heavy atom.